The smallest absolute Gasteiger partial charge is 0.211 e. The average molecular weight is 169 g/mol. The van der Waals surface area contributed by atoms with Crippen molar-refractivity contribution >= 4 is 0 Å². The maximum Gasteiger partial charge on any atom is 0.211 e. The average Bonchev–Trinajstić information content (AvgIpc) is 2.48. The van der Waals surface area contributed by atoms with E-state index in [1.54, 1.807) is 6.20 Å². The second-order valence-corrected chi connectivity index (χ2v) is 2.84. The van der Waals surface area contributed by atoms with E-state index in [0.717, 1.165) is 5.88 Å². The van der Waals surface area contributed by atoms with Crippen LogP contribution in [0.5, 0.6) is 5.88 Å². The molecular formula is C8H15N3O. The molecule has 0 atom stereocenters. The summed E-state index contributed by atoms with van der Waals surface area (Å²) in [5.41, 5.74) is 5.32. The molecule has 0 saturated carbocycles. The minimum absolute atomic E-state index is 0.327. The van der Waals surface area contributed by atoms with Gasteiger partial charge < -0.3 is 10.5 Å². The summed E-state index contributed by atoms with van der Waals surface area (Å²) in [6.45, 7) is 5.19. The van der Waals surface area contributed by atoms with E-state index in [2.05, 4.69) is 18.9 Å². The van der Waals surface area contributed by atoms with E-state index in [-0.39, 0.29) is 0 Å². The van der Waals surface area contributed by atoms with Gasteiger partial charge in [0.05, 0.1) is 12.2 Å². The van der Waals surface area contributed by atoms with Crippen LogP contribution in [-0.4, -0.2) is 22.9 Å². The number of rotatable bonds is 4. The molecule has 0 aliphatic heterocycles. The molecule has 0 amide bonds. The second-order valence-electron chi connectivity index (χ2n) is 2.84. The van der Waals surface area contributed by atoms with Crippen molar-refractivity contribution in [2.24, 2.45) is 5.73 Å². The van der Waals surface area contributed by atoms with E-state index < -0.39 is 0 Å². The lowest BCUT2D eigenvalue weighted by atomic mass is 10.4. The van der Waals surface area contributed by atoms with Crippen LogP contribution in [0.3, 0.4) is 0 Å². The summed E-state index contributed by atoms with van der Waals surface area (Å²) in [5, 5.41) is 4.12. The van der Waals surface area contributed by atoms with Crippen LogP contribution in [-0.2, 0) is 0 Å². The van der Waals surface area contributed by atoms with Gasteiger partial charge in [0.15, 0.2) is 0 Å². The van der Waals surface area contributed by atoms with Gasteiger partial charge in [0.1, 0.15) is 6.61 Å². The third-order valence-electron chi connectivity index (χ3n) is 1.49. The van der Waals surface area contributed by atoms with Crippen molar-refractivity contribution in [3.63, 3.8) is 0 Å². The Balaban J connectivity index is 2.64. The predicted octanol–water partition coefficient (Wildman–Crippen LogP) is 0.801. The third-order valence-corrected chi connectivity index (χ3v) is 1.49. The lowest BCUT2D eigenvalue weighted by molar-refractivity contribution is 0.284. The van der Waals surface area contributed by atoms with Gasteiger partial charge >= 0.3 is 0 Å². The fourth-order valence-corrected chi connectivity index (χ4v) is 0.968. The Labute approximate surface area is 72.3 Å². The van der Waals surface area contributed by atoms with Crippen LogP contribution in [0.1, 0.15) is 19.9 Å². The molecule has 2 N–H and O–H groups in total. The first-order valence-corrected chi connectivity index (χ1v) is 4.12. The van der Waals surface area contributed by atoms with Gasteiger partial charge in [-0.25, -0.2) is 4.68 Å². The highest BCUT2D eigenvalue weighted by Gasteiger charge is 2.05. The van der Waals surface area contributed by atoms with Gasteiger partial charge in [0, 0.05) is 12.6 Å². The van der Waals surface area contributed by atoms with E-state index in [4.69, 9.17) is 10.5 Å². The van der Waals surface area contributed by atoms with E-state index in [1.165, 1.54) is 0 Å². The number of nitrogens with zero attached hydrogens (tertiary/aromatic N) is 2. The van der Waals surface area contributed by atoms with Crippen LogP contribution in [0.4, 0.5) is 0 Å². The molecule has 0 aliphatic rings. The largest absolute Gasteiger partial charge is 0.476 e. The molecule has 0 saturated heterocycles. The maximum absolute atomic E-state index is 5.36. The van der Waals surface area contributed by atoms with Gasteiger partial charge in [-0.15, -0.1) is 0 Å². The van der Waals surface area contributed by atoms with Gasteiger partial charge in [-0.1, -0.05) is 0 Å². The van der Waals surface area contributed by atoms with E-state index in [1.807, 2.05) is 10.7 Å². The molecule has 1 rings (SSSR count). The first-order valence-electron chi connectivity index (χ1n) is 4.12. The Morgan fingerprint density at radius 3 is 3.00 bits per heavy atom. The van der Waals surface area contributed by atoms with Crippen molar-refractivity contribution in [2.75, 3.05) is 13.2 Å². The van der Waals surface area contributed by atoms with Crippen molar-refractivity contribution in [3.05, 3.63) is 12.3 Å². The van der Waals surface area contributed by atoms with Gasteiger partial charge in [-0.05, 0) is 13.8 Å². The van der Waals surface area contributed by atoms with Crippen molar-refractivity contribution in [3.8, 4) is 5.88 Å². The summed E-state index contributed by atoms with van der Waals surface area (Å²) in [7, 11) is 0. The zero-order valence-corrected chi connectivity index (χ0v) is 7.53. The Bertz CT molecular complexity index is 232. The highest BCUT2D eigenvalue weighted by Crippen LogP contribution is 2.14. The summed E-state index contributed by atoms with van der Waals surface area (Å²) >= 11 is 0. The van der Waals surface area contributed by atoms with Crippen molar-refractivity contribution in [1.82, 2.24) is 9.78 Å². The molecule has 0 unspecified atom stereocenters. The molecule has 1 aromatic rings. The summed E-state index contributed by atoms with van der Waals surface area (Å²) in [4.78, 5) is 0. The molecule has 12 heavy (non-hydrogen) atoms. The molecule has 4 heteroatoms. The summed E-state index contributed by atoms with van der Waals surface area (Å²) < 4.78 is 7.19. The molecule has 0 aromatic carbocycles. The molecule has 68 valence electrons. The lowest BCUT2D eigenvalue weighted by Gasteiger charge is -2.10. The number of ether oxygens (including phenoxy) is 1. The van der Waals surface area contributed by atoms with Crippen LogP contribution in [0.2, 0.25) is 0 Å². The number of hydrogen-bond acceptors (Lipinski definition) is 3. The monoisotopic (exact) mass is 169 g/mol. The molecular weight excluding hydrogens is 154 g/mol. The van der Waals surface area contributed by atoms with Gasteiger partial charge in [-0.2, -0.15) is 5.10 Å². The highest BCUT2D eigenvalue weighted by molar-refractivity contribution is 5.08. The van der Waals surface area contributed by atoms with Crippen molar-refractivity contribution < 1.29 is 4.74 Å². The Morgan fingerprint density at radius 2 is 2.42 bits per heavy atom. The third kappa shape index (κ3) is 1.98. The number of nitrogens with two attached hydrogens (primary N) is 1. The predicted molar refractivity (Wildman–Crippen MR) is 47.2 cm³/mol. The second kappa shape index (κ2) is 4.11. The van der Waals surface area contributed by atoms with Gasteiger partial charge in [0.2, 0.25) is 5.88 Å². The standard InChI is InChI=1S/C8H15N3O/c1-7(2)11-8(3-5-10-11)12-6-4-9/h3,5,7H,4,6,9H2,1-2H3. The summed E-state index contributed by atoms with van der Waals surface area (Å²) in [5.74, 6) is 0.787. The molecule has 0 bridgehead atoms. The summed E-state index contributed by atoms with van der Waals surface area (Å²) in [6, 6.07) is 2.17. The molecule has 0 aliphatic carbocycles. The quantitative estimate of drug-likeness (QED) is 0.725. The molecule has 0 spiro atoms. The molecule has 0 radical (unpaired) electrons. The summed E-state index contributed by atoms with van der Waals surface area (Å²) in [6.07, 6.45) is 1.73. The fourth-order valence-electron chi connectivity index (χ4n) is 0.968. The van der Waals surface area contributed by atoms with Crippen LogP contribution < -0.4 is 10.5 Å². The minimum Gasteiger partial charge on any atom is -0.476 e. The molecule has 1 aromatic heterocycles. The molecule has 0 fully saturated rings. The Morgan fingerprint density at radius 1 is 1.67 bits per heavy atom. The fraction of sp³-hybridized carbons (Fsp3) is 0.625. The highest BCUT2D eigenvalue weighted by atomic mass is 16.5. The van der Waals surface area contributed by atoms with E-state index in [9.17, 15) is 0 Å². The Kier molecular flexibility index (Phi) is 3.10. The molecule has 1 heterocycles. The van der Waals surface area contributed by atoms with E-state index >= 15 is 0 Å². The van der Waals surface area contributed by atoms with Crippen molar-refractivity contribution in [2.45, 2.75) is 19.9 Å². The first kappa shape index (κ1) is 9.06. The maximum atomic E-state index is 5.36. The first-order chi connectivity index (χ1) is 5.75. The van der Waals surface area contributed by atoms with Crippen molar-refractivity contribution in [1.29, 1.82) is 0 Å². The lowest BCUT2D eigenvalue weighted by Crippen LogP contribution is -2.14. The normalized spacial score (nSPS) is 10.7. The van der Waals surface area contributed by atoms with Gasteiger partial charge in [0.25, 0.3) is 0 Å². The van der Waals surface area contributed by atoms with Gasteiger partial charge in [-0.3, -0.25) is 0 Å². The topological polar surface area (TPSA) is 53.1 Å². The zero-order valence-electron chi connectivity index (χ0n) is 7.53. The number of aromatic nitrogens is 2. The van der Waals surface area contributed by atoms with Crippen LogP contribution >= 0.6 is 0 Å². The van der Waals surface area contributed by atoms with E-state index in [0.29, 0.717) is 19.2 Å². The van der Waals surface area contributed by atoms with Crippen LogP contribution in [0.15, 0.2) is 12.3 Å². The SMILES string of the molecule is CC(C)n1nccc1OCCN. The van der Waals surface area contributed by atoms with Crippen LogP contribution in [0.25, 0.3) is 0 Å². The minimum atomic E-state index is 0.327. The van der Waals surface area contributed by atoms with Crippen LogP contribution in [0, 0.1) is 0 Å². The Hall–Kier alpha value is -1.03. The molecule has 4 nitrogen and oxygen atoms in total. The zero-order chi connectivity index (χ0) is 8.97. The number of hydrogen-bond donors (Lipinski definition) is 1.